The lowest BCUT2D eigenvalue weighted by molar-refractivity contribution is -0.140. The van der Waals surface area contributed by atoms with E-state index < -0.39 is 6.09 Å². The number of ether oxygens (including phenoxy) is 2. The molecule has 0 aliphatic carbocycles. The Bertz CT molecular complexity index is 951. The summed E-state index contributed by atoms with van der Waals surface area (Å²) in [6.45, 7) is 11.9. The number of amides is 1. The Balaban J connectivity index is 1.70. The zero-order valence-electron chi connectivity index (χ0n) is 21.0. The van der Waals surface area contributed by atoms with Gasteiger partial charge >= 0.3 is 12.1 Å². The first-order valence-corrected chi connectivity index (χ1v) is 12.3. The molecule has 0 spiro atoms. The molecule has 3 rings (SSSR count). The summed E-state index contributed by atoms with van der Waals surface area (Å²) >= 11 is 0. The van der Waals surface area contributed by atoms with Crippen LogP contribution >= 0.6 is 0 Å². The summed E-state index contributed by atoms with van der Waals surface area (Å²) in [7, 11) is 0. The summed E-state index contributed by atoms with van der Waals surface area (Å²) in [4.78, 5) is 27.6. The van der Waals surface area contributed by atoms with Gasteiger partial charge in [-0.2, -0.15) is 0 Å². The van der Waals surface area contributed by atoms with Crippen molar-refractivity contribution in [1.29, 1.82) is 0 Å². The van der Waals surface area contributed by atoms with E-state index in [-0.39, 0.29) is 29.1 Å². The molecule has 2 aromatic rings. The van der Waals surface area contributed by atoms with Crippen LogP contribution in [0.25, 0.3) is 0 Å². The number of nitrogens with one attached hydrogen (secondary N) is 1. The number of para-hydroxylation sites is 1. The van der Waals surface area contributed by atoms with Crippen molar-refractivity contribution < 1.29 is 19.1 Å². The molecule has 0 saturated carbocycles. The highest BCUT2D eigenvalue weighted by atomic mass is 16.6. The number of carbonyl (C=O) groups is 2. The number of nitrogens with zero attached hydrogens (tertiary/aromatic N) is 1. The third-order valence-corrected chi connectivity index (χ3v) is 7.76. The van der Waals surface area contributed by atoms with Crippen molar-refractivity contribution in [3.63, 3.8) is 0 Å². The summed E-state index contributed by atoms with van der Waals surface area (Å²) < 4.78 is 11.6. The van der Waals surface area contributed by atoms with Gasteiger partial charge in [-0.15, -0.1) is 0 Å². The lowest BCUT2D eigenvalue weighted by Crippen LogP contribution is -2.68. The molecule has 6 heteroatoms. The van der Waals surface area contributed by atoms with E-state index in [0.29, 0.717) is 24.4 Å². The summed E-state index contributed by atoms with van der Waals surface area (Å²) in [5, 5.41) is 2.84. The molecule has 6 nitrogen and oxygen atoms in total. The smallest absolute Gasteiger partial charge is 0.411 e. The second kappa shape index (κ2) is 11.0. The largest absolute Gasteiger partial charge is 0.461 e. The molecular weight excluding hydrogens is 428 g/mol. The fourth-order valence-corrected chi connectivity index (χ4v) is 5.19. The normalized spacial score (nSPS) is 27.1. The number of piperidine rings is 1. The molecule has 0 bridgehead atoms. The van der Waals surface area contributed by atoms with E-state index in [4.69, 9.17) is 9.47 Å². The van der Waals surface area contributed by atoms with E-state index in [1.165, 1.54) is 0 Å². The Morgan fingerprint density at radius 2 is 1.62 bits per heavy atom. The van der Waals surface area contributed by atoms with E-state index in [1.54, 1.807) is 12.1 Å². The lowest BCUT2D eigenvalue weighted by Gasteiger charge is -2.60. The van der Waals surface area contributed by atoms with E-state index in [2.05, 4.69) is 44.8 Å². The van der Waals surface area contributed by atoms with Gasteiger partial charge in [0.15, 0.2) is 0 Å². The SMILES string of the molecule is CCC1(C)CC(OC(=O)Nc2ccccc2)C(C)C(C)(CC)N1CCOC(=O)c1ccccc1. The predicted molar refractivity (Wildman–Crippen MR) is 135 cm³/mol. The standard InChI is InChI=1S/C28H38N2O4/c1-6-27(4)20-24(34-26(32)29-23-16-12-9-13-17-23)21(3)28(5,7-2)30(27)18-19-33-25(31)22-14-10-8-11-15-22/h8-17,21,24H,6-7,18-20H2,1-5H3,(H,29,32). The van der Waals surface area contributed by atoms with Gasteiger partial charge in [0.25, 0.3) is 0 Å². The molecule has 0 aromatic heterocycles. The Morgan fingerprint density at radius 3 is 2.21 bits per heavy atom. The number of rotatable bonds is 8. The number of likely N-dealkylation sites (tertiary alicyclic amines) is 1. The molecule has 4 atom stereocenters. The van der Waals surface area contributed by atoms with E-state index >= 15 is 0 Å². The Labute approximate surface area is 203 Å². The zero-order chi connectivity index (χ0) is 24.8. The minimum Gasteiger partial charge on any atom is -0.461 e. The van der Waals surface area contributed by atoms with Gasteiger partial charge in [-0.3, -0.25) is 10.2 Å². The molecule has 1 N–H and O–H groups in total. The molecule has 1 fully saturated rings. The number of anilines is 1. The van der Waals surface area contributed by atoms with Crippen LogP contribution in [-0.4, -0.2) is 47.3 Å². The molecule has 1 aliphatic rings. The van der Waals surface area contributed by atoms with Crippen LogP contribution in [0.1, 0.15) is 64.2 Å². The zero-order valence-corrected chi connectivity index (χ0v) is 21.0. The quantitative estimate of drug-likeness (QED) is 0.473. The molecule has 1 amide bonds. The first-order valence-electron chi connectivity index (χ1n) is 12.3. The minimum atomic E-state index is -0.426. The predicted octanol–water partition coefficient (Wildman–Crippen LogP) is 6.14. The molecule has 2 aromatic carbocycles. The van der Waals surface area contributed by atoms with Crippen molar-refractivity contribution in [3.8, 4) is 0 Å². The van der Waals surface area contributed by atoms with Gasteiger partial charge in [-0.05, 0) is 51.0 Å². The third kappa shape index (κ3) is 5.61. The maximum absolute atomic E-state index is 12.7. The Kier molecular flexibility index (Phi) is 8.37. The second-order valence-electron chi connectivity index (χ2n) is 9.64. The Hall–Kier alpha value is -2.86. The summed E-state index contributed by atoms with van der Waals surface area (Å²) in [6.07, 6.45) is 1.85. The second-order valence-corrected chi connectivity index (χ2v) is 9.64. The average molecular weight is 467 g/mol. The van der Waals surface area contributed by atoms with Crippen LogP contribution in [0, 0.1) is 5.92 Å². The van der Waals surface area contributed by atoms with Crippen molar-refractivity contribution in [3.05, 3.63) is 66.2 Å². The van der Waals surface area contributed by atoms with Gasteiger partial charge in [0.1, 0.15) is 12.7 Å². The van der Waals surface area contributed by atoms with E-state index in [1.807, 2.05) is 48.5 Å². The Morgan fingerprint density at radius 1 is 1.00 bits per heavy atom. The van der Waals surface area contributed by atoms with Crippen LogP contribution in [0.5, 0.6) is 0 Å². The van der Waals surface area contributed by atoms with Gasteiger partial charge in [0.2, 0.25) is 0 Å². The van der Waals surface area contributed by atoms with Crippen molar-refractivity contribution in [2.75, 3.05) is 18.5 Å². The molecule has 4 unspecified atom stereocenters. The van der Waals surface area contributed by atoms with Crippen molar-refractivity contribution in [2.24, 2.45) is 5.92 Å². The maximum atomic E-state index is 12.7. The molecule has 1 aliphatic heterocycles. The topological polar surface area (TPSA) is 67.9 Å². The summed E-state index contributed by atoms with van der Waals surface area (Å²) in [5.74, 6) is -0.204. The van der Waals surface area contributed by atoms with Crippen LogP contribution in [0.4, 0.5) is 10.5 Å². The molecule has 0 radical (unpaired) electrons. The van der Waals surface area contributed by atoms with Gasteiger partial charge in [-0.25, -0.2) is 9.59 Å². The van der Waals surface area contributed by atoms with Crippen molar-refractivity contribution >= 4 is 17.7 Å². The van der Waals surface area contributed by atoms with Gasteiger partial charge in [-0.1, -0.05) is 57.2 Å². The van der Waals surface area contributed by atoms with Crippen LogP contribution in [-0.2, 0) is 9.47 Å². The van der Waals surface area contributed by atoms with Crippen molar-refractivity contribution in [1.82, 2.24) is 4.90 Å². The average Bonchev–Trinajstić information content (AvgIpc) is 2.85. The molecular formula is C28H38N2O4. The highest BCUT2D eigenvalue weighted by Crippen LogP contribution is 2.46. The third-order valence-electron chi connectivity index (χ3n) is 7.76. The summed E-state index contributed by atoms with van der Waals surface area (Å²) in [5.41, 5.74) is 0.854. The van der Waals surface area contributed by atoms with Crippen LogP contribution < -0.4 is 5.32 Å². The van der Waals surface area contributed by atoms with E-state index in [0.717, 1.165) is 19.3 Å². The van der Waals surface area contributed by atoms with Gasteiger partial charge in [0.05, 0.1) is 5.56 Å². The highest BCUT2D eigenvalue weighted by Gasteiger charge is 2.53. The maximum Gasteiger partial charge on any atom is 0.411 e. The fraction of sp³-hybridized carbons (Fsp3) is 0.500. The molecule has 184 valence electrons. The van der Waals surface area contributed by atoms with Gasteiger partial charge in [0, 0.05) is 35.6 Å². The van der Waals surface area contributed by atoms with Crippen LogP contribution in [0.3, 0.4) is 0 Å². The summed E-state index contributed by atoms with van der Waals surface area (Å²) in [6, 6.07) is 18.4. The van der Waals surface area contributed by atoms with Crippen LogP contribution in [0.2, 0.25) is 0 Å². The number of benzene rings is 2. The number of carbonyl (C=O) groups excluding carboxylic acids is 2. The van der Waals surface area contributed by atoms with Crippen LogP contribution in [0.15, 0.2) is 60.7 Å². The minimum absolute atomic E-state index is 0.100. The highest BCUT2D eigenvalue weighted by molar-refractivity contribution is 5.89. The first kappa shape index (κ1) is 25.8. The van der Waals surface area contributed by atoms with Gasteiger partial charge < -0.3 is 9.47 Å². The number of hydrogen-bond acceptors (Lipinski definition) is 5. The fourth-order valence-electron chi connectivity index (χ4n) is 5.19. The first-order chi connectivity index (χ1) is 16.2. The molecule has 1 heterocycles. The number of hydrogen-bond donors (Lipinski definition) is 1. The lowest BCUT2D eigenvalue weighted by atomic mass is 9.68. The van der Waals surface area contributed by atoms with Crippen molar-refractivity contribution in [2.45, 2.75) is 71.1 Å². The number of esters is 1. The van der Waals surface area contributed by atoms with E-state index in [9.17, 15) is 9.59 Å². The molecule has 34 heavy (non-hydrogen) atoms. The monoisotopic (exact) mass is 466 g/mol. The molecule has 1 saturated heterocycles.